The van der Waals surface area contributed by atoms with Gasteiger partial charge in [-0.1, -0.05) is 20.8 Å². The van der Waals surface area contributed by atoms with E-state index < -0.39 is 11.9 Å². The van der Waals surface area contributed by atoms with Crippen LogP contribution in [-0.4, -0.2) is 23.1 Å². The highest BCUT2D eigenvalue weighted by Crippen LogP contribution is 2.16. The molecule has 0 saturated carbocycles. The van der Waals surface area contributed by atoms with Gasteiger partial charge < -0.3 is 9.84 Å². The minimum atomic E-state index is -1.04. The molecule has 1 N–H and O–H groups in total. The molecule has 0 aromatic heterocycles. The van der Waals surface area contributed by atoms with Crippen LogP contribution >= 0.6 is 0 Å². The van der Waals surface area contributed by atoms with Crippen LogP contribution < -0.4 is 0 Å². The van der Waals surface area contributed by atoms with E-state index >= 15 is 0 Å². The summed E-state index contributed by atoms with van der Waals surface area (Å²) in [6, 6.07) is 0. The number of carboxylic acids is 1. The Kier molecular flexibility index (Phi) is 6.46. The zero-order chi connectivity index (χ0) is 12.7. The second-order valence-corrected chi connectivity index (χ2v) is 3.59. The van der Waals surface area contributed by atoms with Crippen LogP contribution in [0.5, 0.6) is 0 Å². The van der Waals surface area contributed by atoms with E-state index in [0.717, 1.165) is 6.42 Å². The predicted octanol–water partition coefficient (Wildman–Crippen LogP) is 2.53. The Balaban J connectivity index is 4.96. The number of esters is 1. The molecule has 0 aliphatic carbocycles. The third-order valence-corrected chi connectivity index (χ3v) is 2.46. The lowest BCUT2D eigenvalue weighted by Crippen LogP contribution is -2.18. The molecule has 0 aliphatic rings. The highest BCUT2D eigenvalue weighted by Gasteiger charge is 2.20. The van der Waals surface area contributed by atoms with E-state index in [2.05, 4.69) is 0 Å². The van der Waals surface area contributed by atoms with Gasteiger partial charge in [0.1, 0.15) is 0 Å². The average Bonchev–Trinajstić information content (AvgIpc) is 2.24. The standard InChI is InChI=1S/C12H20O4/c1-5-8(4)16-12(15)10(7-3)9(6-2)11(13)14/h8H,5-7H2,1-4H3,(H,13,14). The second kappa shape index (κ2) is 7.04. The number of ether oxygens (including phenoxy) is 1. The lowest BCUT2D eigenvalue weighted by Gasteiger charge is -2.13. The van der Waals surface area contributed by atoms with Gasteiger partial charge in [-0.05, 0) is 26.2 Å². The van der Waals surface area contributed by atoms with Gasteiger partial charge in [0.25, 0.3) is 0 Å². The van der Waals surface area contributed by atoms with Crippen molar-refractivity contribution >= 4 is 11.9 Å². The summed E-state index contributed by atoms with van der Waals surface area (Å²) in [5.41, 5.74) is 0.422. The molecule has 1 unspecified atom stereocenters. The second-order valence-electron chi connectivity index (χ2n) is 3.59. The van der Waals surface area contributed by atoms with Crippen molar-refractivity contribution < 1.29 is 19.4 Å². The summed E-state index contributed by atoms with van der Waals surface area (Å²) in [6.07, 6.45) is 1.25. The zero-order valence-corrected chi connectivity index (χ0v) is 10.4. The normalized spacial score (nSPS) is 14.0. The van der Waals surface area contributed by atoms with Crippen LogP contribution in [0.3, 0.4) is 0 Å². The van der Waals surface area contributed by atoms with E-state index in [9.17, 15) is 9.59 Å². The first-order chi connectivity index (χ1) is 7.47. The number of carbonyl (C=O) groups is 2. The molecule has 0 aliphatic heterocycles. The van der Waals surface area contributed by atoms with E-state index in [-0.39, 0.29) is 17.3 Å². The minimum absolute atomic E-state index is 0.149. The molecule has 4 nitrogen and oxygen atoms in total. The third kappa shape index (κ3) is 4.04. The summed E-state index contributed by atoms with van der Waals surface area (Å²) in [5.74, 6) is -1.54. The van der Waals surface area contributed by atoms with Crippen molar-refractivity contribution in [3.8, 4) is 0 Å². The Morgan fingerprint density at radius 3 is 1.94 bits per heavy atom. The SMILES string of the molecule is CCC(C(=O)O)=C(CC)C(=O)OC(C)CC. The van der Waals surface area contributed by atoms with Crippen LogP contribution in [0.1, 0.15) is 47.0 Å². The van der Waals surface area contributed by atoms with Crippen molar-refractivity contribution in [1.29, 1.82) is 0 Å². The first kappa shape index (κ1) is 14.7. The first-order valence-electron chi connectivity index (χ1n) is 5.64. The Hall–Kier alpha value is -1.32. The summed E-state index contributed by atoms with van der Waals surface area (Å²) >= 11 is 0. The molecule has 0 radical (unpaired) electrons. The van der Waals surface area contributed by atoms with Gasteiger partial charge in [-0.25, -0.2) is 9.59 Å². The highest BCUT2D eigenvalue weighted by molar-refractivity contribution is 5.99. The fraction of sp³-hybridized carbons (Fsp3) is 0.667. The van der Waals surface area contributed by atoms with Crippen LogP contribution in [-0.2, 0) is 14.3 Å². The summed E-state index contributed by atoms with van der Waals surface area (Å²) in [6.45, 7) is 7.17. The Morgan fingerprint density at radius 2 is 1.62 bits per heavy atom. The molecule has 0 saturated heterocycles. The average molecular weight is 228 g/mol. The Bertz CT molecular complexity index is 291. The highest BCUT2D eigenvalue weighted by atomic mass is 16.5. The molecule has 0 bridgehead atoms. The molecule has 0 aromatic carbocycles. The van der Waals surface area contributed by atoms with E-state index in [1.54, 1.807) is 20.8 Å². The first-order valence-corrected chi connectivity index (χ1v) is 5.64. The fourth-order valence-electron chi connectivity index (χ4n) is 1.31. The van der Waals surface area contributed by atoms with Crippen LogP contribution in [0.15, 0.2) is 11.1 Å². The molecular formula is C12H20O4. The van der Waals surface area contributed by atoms with Crippen LogP contribution in [0.4, 0.5) is 0 Å². The Labute approximate surface area is 96.3 Å². The van der Waals surface area contributed by atoms with E-state index in [0.29, 0.717) is 12.8 Å². The Morgan fingerprint density at radius 1 is 1.12 bits per heavy atom. The van der Waals surface area contributed by atoms with Crippen molar-refractivity contribution in [3.63, 3.8) is 0 Å². The number of aliphatic carboxylic acids is 1. The van der Waals surface area contributed by atoms with Gasteiger partial charge in [0.2, 0.25) is 0 Å². The summed E-state index contributed by atoms with van der Waals surface area (Å²) in [5, 5.41) is 8.95. The molecule has 0 spiro atoms. The van der Waals surface area contributed by atoms with Crippen molar-refractivity contribution in [2.45, 2.75) is 53.1 Å². The molecule has 0 heterocycles. The largest absolute Gasteiger partial charge is 0.478 e. The van der Waals surface area contributed by atoms with Gasteiger partial charge in [-0.2, -0.15) is 0 Å². The topological polar surface area (TPSA) is 63.6 Å². The van der Waals surface area contributed by atoms with Gasteiger partial charge in [0, 0.05) is 11.1 Å². The minimum Gasteiger partial charge on any atom is -0.478 e. The number of carboxylic acid groups (broad SMARTS) is 1. The maximum atomic E-state index is 11.7. The van der Waals surface area contributed by atoms with Gasteiger partial charge >= 0.3 is 11.9 Å². The van der Waals surface area contributed by atoms with E-state index in [1.165, 1.54) is 0 Å². The molecular weight excluding hydrogens is 208 g/mol. The molecule has 0 fully saturated rings. The monoisotopic (exact) mass is 228 g/mol. The van der Waals surface area contributed by atoms with Crippen molar-refractivity contribution in [2.24, 2.45) is 0 Å². The molecule has 0 amide bonds. The summed E-state index contributed by atoms with van der Waals surface area (Å²) < 4.78 is 5.13. The molecule has 0 rings (SSSR count). The van der Waals surface area contributed by atoms with Crippen molar-refractivity contribution in [3.05, 3.63) is 11.1 Å². The van der Waals surface area contributed by atoms with Crippen molar-refractivity contribution in [1.82, 2.24) is 0 Å². The van der Waals surface area contributed by atoms with Crippen LogP contribution in [0, 0.1) is 0 Å². The maximum Gasteiger partial charge on any atom is 0.334 e. The zero-order valence-electron chi connectivity index (χ0n) is 10.4. The maximum absolute atomic E-state index is 11.7. The molecule has 92 valence electrons. The molecule has 0 aromatic rings. The van der Waals surface area contributed by atoms with Gasteiger partial charge in [0.05, 0.1) is 6.10 Å². The van der Waals surface area contributed by atoms with Gasteiger partial charge in [-0.3, -0.25) is 0 Å². The summed E-state index contributed by atoms with van der Waals surface area (Å²) in [4.78, 5) is 22.6. The smallest absolute Gasteiger partial charge is 0.334 e. The lowest BCUT2D eigenvalue weighted by molar-refractivity contribution is -0.144. The van der Waals surface area contributed by atoms with Gasteiger partial charge in [-0.15, -0.1) is 0 Å². The molecule has 4 heteroatoms. The van der Waals surface area contributed by atoms with Crippen LogP contribution in [0.25, 0.3) is 0 Å². The van der Waals surface area contributed by atoms with E-state index in [1.807, 2.05) is 6.92 Å². The summed E-state index contributed by atoms with van der Waals surface area (Å²) in [7, 11) is 0. The lowest BCUT2D eigenvalue weighted by atomic mass is 10.0. The van der Waals surface area contributed by atoms with E-state index in [4.69, 9.17) is 9.84 Å². The number of hydrogen-bond acceptors (Lipinski definition) is 3. The predicted molar refractivity (Wildman–Crippen MR) is 61.1 cm³/mol. The number of carbonyl (C=O) groups excluding carboxylic acids is 1. The molecule has 16 heavy (non-hydrogen) atoms. The third-order valence-electron chi connectivity index (χ3n) is 2.46. The molecule has 1 atom stereocenters. The number of rotatable bonds is 6. The van der Waals surface area contributed by atoms with Crippen molar-refractivity contribution in [2.75, 3.05) is 0 Å². The van der Waals surface area contributed by atoms with Crippen LogP contribution in [0.2, 0.25) is 0 Å². The number of hydrogen-bond donors (Lipinski definition) is 1. The fourth-order valence-corrected chi connectivity index (χ4v) is 1.31. The van der Waals surface area contributed by atoms with Gasteiger partial charge in [0.15, 0.2) is 0 Å². The quantitative estimate of drug-likeness (QED) is 0.560.